The first-order chi connectivity index (χ1) is 5.27. The molecule has 1 aliphatic heterocycles. The van der Waals surface area contributed by atoms with Gasteiger partial charge in [0.2, 0.25) is 0 Å². The van der Waals surface area contributed by atoms with E-state index < -0.39 is 0 Å². The van der Waals surface area contributed by atoms with Crippen LogP contribution >= 0.6 is 0 Å². The van der Waals surface area contributed by atoms with Gasteiger partial charge in [-0.2, -0.15) is 0 Å². The second kappa shape index (κ2) is 4.07. The Morgan fingerprint density at radius 2 is 2.27 bits per heavy atom. The summed E-state index contributed by atoms with van der Waals surface area (Å²) in [4.78, 5) is 2.52. The van der Waals surface area contributed by atoms with Crippen LogP contribution in [0.15, 0.2) is 0 Å². The molecule has 0 saturated carbocycles. The summed E-state index contributed by atoms with van der Waals surface area (Å²) in [6, 6.07) is 0.764. The lowest BCUT2D eigenvalue weighted by atomic mass is 10.1. The van der Waals surface area contributed by atoms with Gasteiger partial charge in [0.15, 0.2) is 0 Å². The molecule has 0 N–H and O–H groups in total. The fraction of sp³-hybridized carbons (Fsp3) is 1.00. The molecule has 1 saturated heterocycles. The maximum absolute atomic E-state index is 5.14. The van der Waals surface area contributed by atoms with Crippen LogP contribution in [0, 0.1) is 5.92 Å². The predicted molar refractivity (Wildman–Crippen MR) is 46.7 cm³/mol. The van der Waals surface area contributed by atoms with Gasteiger partial charge in [-0.05, 0) is 25.8 Å². The molecular formula is C9H19NO. The second-order valence-electron chi connectivity index (χ2n) is 3.49. The Hall–Kier alpha value is -0.0800. The summed E-state index contributed by atoms with van der Waals surface area (Å²) in [5, 5.41) is 0. The topological polar surface area (TPSA) is 12.5 Å². The minimum Gasteiger partial charge on any atom is -0.384 e. The van der Waals surface area contributed by atoms with Crippen molar-refractivity contribution in [1.82, 2.24) is 4.90 Å². The van der Waals surface area contributed by atoms with Gasteiger partial charge in [0.1, 0.15) is 0 Å². The molecule has 2 atom stereocenters. The normalized spacial score (nSPS) is 33.0. The molecule has 2 nitrogen and oxygen atoms in total. The fourth-order valence-corrected chi connectivity index (χ4v) is 2.01. The average Bonchev–Trinajstić information content (AvgIpc) is 2.32. The van der Waals surface area contributed by atoms with Gasteiger partial charge in [-0.15, -0.1) is 0 Å². The highest BCUT2D eigenvalue weighted by Gasteiger charge is 2.27. The minimum absolute atomic E-state index is 0.764. The molecule has 0 aromatic rings. The van der Waals surface area contributed by atoms with E-state index in [0.717, 1.165) is 18.6 Å². The Balaban J connectivity index is 2.30. The van der Waals surface area contributed by atoms with Crippen LogP contribution in [-0.4, -0.2) is 37.7 Å². The number of ether oxygens (including phenoxy) is 1. The van der Waals surface area contributed by atoms with Crippen LogP contribution in [0.5, 0.6) is 0 Å². The lowest BCUT2D eigenvalue weighted by Crippen LogP contribution is -2.26. The highest BCUT2D eigenvalue weighted by Crippen LogP contribution is 2.22. The Kier molecular flexibility index (Phi) is 3.34. The van der Waals surface area contributed by atoms with Gasteiger partial charge >= 0.3 is 0 Å². The quantitative estimate of drug-likeness (QED) is 0.613. The molecule has 1 aliphatic rings. The van der Waals surface area contributed by atoms with Gasteiger partial charge in [-0.1, -0.05) is 6.92 Å². The molecule has 2 heteroatoms. The molecule has 0 radical (unpaired) electrons. The largest absolute Gasteiger partial charge is 0.384 e. The Bertz CT molecular complexity index is 116. The van der Waals surface area contributed by atoms with Crippen molar-refractivity contribution in [2.24, 2.45) is 5.92 Å². The summed E-state index contributed by atoms with van der Waals surface area (Å²) < 4.78 is 5.14. The Morgan fingerprint density at radius 1 is 1.55 bits per heavy atom. The summed E-state index contributed by atoms with van der Waals surface area (Å²) in [6.45, 7) is 7.87. The van der Waals surface area contributed by atoms with E-state index in [1.54, 1.807) is 7.11 Å². The van der Waals surface area contributed by atoms with Crippen molar-refractivity contribution in [1.29, 1.82) is 0 Å². The van der Waals surface area contributed by atoms with E-state index in [1.165, 1.54) is 19.5 Å². The number of nitrogens with zero attached hydrogens (tertiary/aromatic N) is 1. The zero-order valence-electron chi connectivity index (χ0n) is 7.84. The van der Waals surface area contributed by atoms with Crippen molar-refractivity contribution in [3.8, 4) is 0 Å². The number of methoxy groups -OCH3 is 1. The molecule has 1 fully saturated rings. The van der Waals surface area contributed by atoms with Crippen LogP contribution in [0.1, 0.15) is 20.3 Å². The molecular weight excluding hydrogens is 138 g/mol. The van der Waals surface area contributed by atoms with Crippen LogP contribution in [0.3, 0.4) is 0 Å². The van der Waals surface area contributed by atoms with Crippen molar-refractivity contribution < 1.29 is 4.74 Å². The molecule has 1 heterocycles. The third-order valence-corrected chi connectivity index (χ3v) is 2.60. The summed E-state index contributed by atoms with van der Waals surface area (Å²) in [7, 11) is 1.79. The van der Waals surface area contributed by atoms with E-state index in [9.17, 15) is 0 Å². The molecule has 0 spiro atoms. The number of likely N-dealkylation sites (tertiary alicyclic amines) is 1. The smallest absolute Gasteiger partial charge is 0.0503 e. The van der Waals surface area contributed by atoms with E-state index in [-0.39, 0.29) is 0 Å². The lowest BCUT2D eigenvalue weighted by molar-refractivity contribution is 0.154. The summed E-state index contributed by atoms with van der Waals surface area (Å²) in [6.07, 6.45) is 1.31. The molecule has 0 aliphatic carbocycles. The molecule has 0 aromatic heterocycles. The van der Waals surface area contributed by atoms with Gasteiger partial charge in [-0.3, -0.25) is 0 Å². The van der Waals surface area contributed by atoms with Gasteiger partial charge in [-0.25, -0.2) is 0 Å². The molecule has 1 rings (SSSR count). The summed E-state index contributed by atoms with van der Waals surface area (Å²) in [5.41, 5.74) is 0. The highest BCUT2D eigenvalue weighted by molar-refractivity contribution is 4.81. The maximum atomic E-state index is 5.14. The van der Waals surface area contributed by atoms with E-state index >= 15 is 0 Å². The second-order valence-corrected chi connectivity index (χ2v) is 3.49. The predicted octanol–water partition coefficient (Wildman–Crippen LogP) is 1.36. The molecule has 2 unspecified atom stereocenters. The van der Waals surface area contributed by atoms with E-state index in [1.807, 2.05) is 0 Å². The van der Waals surface area contributed by atoms with Gasteiger partial charge in [0.05, 0.1) is 6.61 Å². The van der Waals surface area contributed by atoms with Crippen molar-refractivity contribution >= 4 is 0 Å². The van der Waals surface area contributed by atoms with Crippen molar-refractivity contribution in [2.75, 3.05) is 26.8 Å². The van der Waals surface area contributed by atoms with Crippen LogP contribution < -0.4 is 0 Å². The van der Waals surface area contributed by atoms with Crippen LogP contribution in [-0.2, 0) is 4.74 Å². The Morgan fingerprint density at radius 3 is 2.73 bits per heavy atom. The number of rotatable bonds is 3. The van der Waals surface area contributed by atoms with Gasteiger partial charge in [0, 0.05) is 19.7 Å². The third kappa shape index (κ3) is 2.17. The van der Waals surface area contributed by atoms with E-state index in [0.29, 0.717) is 0 Å². The highest BCUT2D eigenvalue weighted by atomic mass is 16.5. The molecule has 66 valence electrons. The van der Waals surface area contributed by atoms with Crippen LogP contribution in [0.25, 0.3) is 0 Å². The number of hydrogen-bond donors (Lipinski definition) is 0. The molecule has 0 aromatic carbocycles. The summed E-state index contributed by atoms with van der Waals surface area (Å²) >= 11 is 0. The van der Waals surface area contributed by atoms with Gasteiger partial charge < -0.3 is 9.64 Å². The SMILES string of the molecule is CCN1CC(COC)CC1C. The van der Waals surface area contributed by atoms with E-state index in [4.69, 9.17) is 4.74 Å². The van der Waals surface area contributed by atoms with Crippen molar-refractivity contribution in [3.63, 3.8) is 0 Å². The fourth-order valence-electron chi connectivity index (χ4n) is 2.01. The maximum Gasteiger partial charge on any atom is 0.0503 e. The van der Waals surface area contributed by atoms with Crippen molar-refractivity contribution in [3.05, 3.63) is 0 Å². The van der Waals surface area contributed by atoms with E-state index in [2.05, 4.69) is 18.7 Å². The zero-order chi connectivity index (χ0) is 8.27. The first-order valence-electron chi connectivity index (χ1n) is 4.51. The third-order valence-electron chi connectivity index (χ3n) is 2.60. The summed E-state index contributed by atoms with van der Waals surface area (Å²) in [5.74, 6) is 0.773. The standard InChI is InChI=1S/C9H19NO/c1-4-10-6-9(7-11-3)5-8(10)2/h8-9H,4-7H2,1-3H3. The first kappa shape index (κ1) is 9.01. The average molecular weight is 157 g/mol. The van der Waals surface area contributed by atoms with Crippen LogP contribution in [0.2, 0.25) is 0 Å². The molecule has 0 amide bonds. The molecule has 0 bridgehead atoms. The zero-order valence-corrected chi connectivity index (χ0v) is 7.84. The monoisotopic (exact) mass is 157 g/mol. The van der Waals surface area contributed by atoms with Gasteiger partial charge in [0.25, 0.3) is 0 Å². The lowest BCUT2D eigenvalue weighted by Gasteiger charge is -2.17. The Labute approximate surface area is 69.5 Å². The first-order valence-corrected chi connectivity index (χ1v) is 4.51. The van der Waals surface area contributed by atoms with Crippen LogP contribution in [0.4, 0.5) is 0 Å². The molecule has 11 heavy (non-hydrogen) atoms. The van der Waals surface area contributed by atoms with Crippen molar-refractivity contribution in [2.45, 2.75) is 26.3 Å². The number of hydrogen-bond acceptors (Lipinski definition) is 2. The minimum atomic E-state index is 0.764.